The van der Waals surface area contributed by atoms with Gasteiger partial charge in [0.25, 0.3) is 5.91 Å². The molecule has 3 aromatic carbocycles. The lowest BCUT2D eigenvalue weighted by Gasteiger charge is -2.37. The molecule has 0 bridgehead atoms. The molecule has 3 nitrogen and oxygen atoms in total. The lowest BCUT2D eigenvalue weighted by atomic mass is 9.86. The van der Waals surface area contributed by atoms with E-state index in [1.54, 1.807) is 6.07 Å². The van der Waals surface area contributed by atoms with Crippen molar-refractivity contribution in [3.8, 4) is 0 Å². The fourth-order valence-corrected chi connectivity index (χ4v) is 6.02. The number of amides is 1. The van der Waals surface area contributed by atoms with Crippen LogP contribution in [0.25, 0.3) is 0 Å². The Morgan fingerprint density at radius 1 is 0.857 bits per heavy atom. The van der Waals surface area contributed by atoms with Crippen molar-refractivity contribution in [3.05, 3.63) is 107 Å². The van der Waals surface area contributed by atoms with E-state index in [-0.39, 0.29) is 29.6 Å². The molecule has 1 saturated heterocycles. The molecule has 35 heavy (non-hydrogen) atoms. The topological polar surface area (TPSA) is 23.6 Å². The van der Waals surface area contributed by atoms with Crippen molar-refractivity contribution < 1.29 is 9.18 Å². The van der Waals surface area contributed by atoms with E-state index in [1.807, 2.05) is 42.5 Å². The molecule has 4 heteroatoms. The maximum absolute atomic E-state index is 14.2. The molecule has 1 saturated carbocycles. The normalized spacial score (nSPS) is 21.2. The van der Waals surface area contributed by atoms with Crippen molar-refractivity contribution in [1.82, 2.24) is 9.80 Å². The fourth-order valence-electron chi connectivity index (χ4n) is 6.02. The highest BCUT2D eigenvalue weighted by Crippen LogP contribution is 2.36. The molecular weight excluding hydrogens is 435 g/mol. The summed E-state index contributed by atoms with van der Waals surface area (Å²) in [7, 11) is 0. The van der Waals surface area contributed by atoms with Crippen LogP contribution in [0, 0.1) is 11.7 Å². The smallest absolute Gasteiger partial charge is 0.254 e. The quantitative estimate of drug-likeness (QED) is 0.393. The van der Waals surface area contributed by atoms with E-state index in [4.69, 9.17) is 0 Å². The third kappa shape index (κ3) is 5.82. The van der Waals surface area contributed by atoms with Gasteiger partial charge in [0, 0.05) is 43.7 Å². The molecule has 182 valence electrons. The second-order valence-corrected chi connectivity index (χ2v) is 10.2. The zero-order valence-electron chi connectivity index (χ0n) is 20.4. The van der Waals surface area contributed by atoms with E-state index in [0.717, 1.165) is 43.6 Å². The maximum Gasteiger partial charge on any atom is 0.254 e. The van der Waals surface area contributed by atoms with Crippen LogP contribution in [0.1, 0.15) is 59.5 Å². The van der Waals surface area contributed by atoms with Gasteiger partial charge in [-0.1, -0.05) is 79.9 Å². The number of hydrogen-bond acceptors (Lipinski definition) is 2. The fraction of sp³-hybridized carbons (Fsp3) is 0.387. The molecule has 3 aromatic rings. The van der Waals surface area contributed by atoms with Crippen LogP contribution in [0.4, 0.5) is 4.39 Å². The van der Waals surface area contributed by atoms with Gasteiger partial charge in [0.05, 0.1) is 0 Å². The maximum atomic E-state index is 14.2. The molecule has 0 spiro atoms. The minimum atomic E-state index is -0.188. The van der Waals surface area contributed by atoms with Gasteiger partial charge in [0.2, 0.25) is 0 Å². The van der Waals surface area contributed by atoms with Crippen LogP contribution in [0.3, 0.4) is 0 Å². The zero-order chi connectivity index (χ0) is 24.0. The lowest BCUT2D eigenvalue weighted by molar-refractivity contribution is 0.0588. The highest BCUT2D eigenvalue weighted by molar-refractivity contribution is 5.94. The minimum Gasteiger partial charge on any atom is -0.335 e. The Hall–Kier alpha value is -2.98. The lowest BCUT2D eigenvalue weighted by Crippen LogP contribution is -2.45. The largest absolute Gasteiger partial charge is 0.335 e. The Morgan fingerprint density at radius 2 is 1.57 bits per heavy atom. The third-order valence-electron chi connectivity index (χ3n) is 7.77. The molecule has 2 aliphatic rings. The Bertz CT molecular complexity index is 1100. The molecular formula is C31H35FN2O. The van der Waals surface area contributed by atoms with Gasteiger partial charge < -0.3 is 4.90 Å². The number of halogens is 1. The summed E-state index contributed by atoms with van der Waals surface area (Å²) in [6, 6.07) is 27.6. The van der Waals surface area contributed by atoms with E-state index in [0.29, 0.717) is 6.54 Å². The van der Waals surface area contributed by atoms with Crippen LogP contribution in [0.15, 0.2) is 84.9 Å². The van der Waals surface area contributed by atoms with Crippen LogP contribution in [0.5, 0.6) is 0 Å². The summed E-state index contributed by atoms with van der Waals surface area (Å²) in [5, 5.41) is 0. The van der Waals surface area contributed by atoms with Crippen molar-refractivity contribution >= 4 is 5.91 Å². The van der Waals surface area contributed by atoms with Gasteiger partial charge in [0.1, 0.15) is 5.82 Å². The standard InChI is InChI=1S/C31H35FN2O/c32-28-16-10-15-26(19-28)30-23-33(20-24-11-4-1-5-12-24)21-27(30)22-34(29-17-8-3-9-18-29)31(35)25-13-6-2-7-14-25/h1-2,4-7,10-16,19,27,29-30H,3,8-9,17-18,20-23H2. The number of nitrogens with zero attached hydrogens (tertiary/aromatic N) is 2. The van der Waals surface area contributed by atoms with Gasteiger partial charge in [0.15, 0.2) is 0 Å². The van der Waals surface area contributed by atoms with E-state index < -0.39 is 0 Å². The molecule has 1 aliphatic heterocycles. The molecule has 2 fully saturated rings. The minimum absolute atomic E-state index is 0.136. The molecule has 2 atom stereocenters. The third-order valence-corrected chi connectivity index (χ3v) is 7.77. The van der Waals surface area contributed by atoms with Crippen LogP contribution in [-0.2, 0) is 6.54 Å². The van der Waals surface area contributed by atoms with Crippen molar-refractivity contribution in [2.45, 2.75) is 50.6 Å². The second kappa shape index (κ2) is 11.2. The summed E-state index contributed by atoms with van der Waals surface area (Å²) in [6.07, 6.45) is 5.76. The van der Waals surface area contributed by atoms with Crippen molar-refractivity contribution in [2.75, 3.05) is 19.6 Å². The predicted octanol–water partition coefficient (Wildman–Crippen LogP) is 6.52. The number of rotatable bonds is 7. The summed E-state index contributed by atoms with van der Waals surface area (Å²) < 4.78 is 14.2. The summed E-state index contributed by atoms with van der Waals surface area (Å²) in [5.74, 6) is 0.406. The van der Waals surface area contributed by atoms with E-state index in [2.05, 4.69) is 40.1 Å². The summed E-state index contributed by atoms with van der Waals surface area (Å²) in [5.41, 5.74) is 3.09. The van der Waals surface area contributed by atoms with Gasteiger partial charge in [-0.3, -0.25) is 9.69 Å². The van der Waals surface area contributed by atoms with Crippen LogP contribution in [0.2, 0.25) is 0 Å². The van der Waals surface area contributed by atoms with Crippen molar-refractivity contribution in [3.63, 3.8) is 0 Å². The number of carbonyl (C=O) groups excluding carboxylic acids is 1. The van der Waals surface area contributed by atoms with Gasteiger partial charge in [-0.2, -0.15) is 0 Å². The van der Waals surface area contributed by atoms with Crippen LogP contribution < -0.4 is 0 Å². The zero-order valence-corrected chi connectivity index (χ0v) is 20.4. The first-order chi connectivity index (χ1) is 17.2. The predicted molar refractivity (Wildman–Crippen MR) is 139 cm³/mol. The molecule has 0 radical (unpaired) electrons. The molecule has 1 heterocycles. The number of benzene rings is 3. The van der Waals surface area contributed by atoms with Gasteiger partial charge in [-0.15, -0.1) is 0 Å². The summed E-state index contributed by atoms with van der Waals surface area (Å²) in [6.45, 7) is 3.37. The van der Waals surface area contributed by atoms with E-state index >= 15 is 0 Å². The van der Waals surface area contributed by atoms with Crippen molar-refractivity contribution in [2.24, 2.45) is 5.92 Å². The van der Waals surface area contributed by atoms with E-state index in [9.17, 15) is 9.18 Å². The first kappa shape index (κ1) is 23.7. The van der Waals surface area contributed by atoms with Crippen LogP contribution in [-0.4, -0.2) is 41.4 Å². The molecule has 2 unspecified atom stereocenters. The number of carbonyl (C=O) groups is 1. The highest BCUT2D eigenvalue weighted by atomic mass is 19.1. The van der Waals surface area contributed by atoms with Gasteiger partial charge in [-0.05, 0) is 54.2 Å². The average Bonchev–Trinajstić information content (AvgIpc) is 3.30. The van der Waals surface area contributed by atoms with Crippen molar-refractivity contribution in [1.29, 1.82) is 0 Å². The molecule has 1 aliphatic carbocycles. The van der Waals surface area contributed by atoms with Gasteiger partial charge >= 0.3 is 0 Å². The highest BCUT2D eigenvalue weighted by Gasteiger charge is 2.38. The molecule has 0 aromatic heterocycles. The Labute approximate surface area is 208 Å². The summed E-state index contributed by atoms with van der Waals surface area (Å²) >= 11 is 0. The Balaban J connectivity index is 1.42. The number of likely N-dealkylation sites (tertiary alicyclic amines) is 1. The first-order valence-electron chi connectivity index (χ1n) is 13.0. The second-order valence-electron chi connectivity index (χ2n) is 10.2. The molecule has 5 rings (SSSR count). The Kier molecular flexibility index (Phi) is 7.58. The monoisotopic (exact) mass is 470 g/mol. The first-order valence-corrected chi connectivity index (χ1v) is 13.0. The number of hydrogen-bond donors (Lipinski definition) is 0. The average molecular weight is 471 g/mol. The SMILES string of the molecule is O=C(c1ccccc1)N(CC1CN(Cc2ccccc2)CC1c1cccc(F)c1)C1CCCCC1. The summed E-state index contributed by atoms with van der Waals surface area (Å²) in [4.78, 5) is 18.4. The van der Waals surface area contributed by atoms with Gasteiger partial charge in [-0.25, -0.2) is 4.39 Å². The molecule has 1 amide bonds. The molecule has 0 N–H and O–H groups in total. The van der Waals surface area contributed by atoms with E-state index in [1.165, 1.54) is 30.9 Å². The Morgan fingerprint density at radius 3 is 2.29 bits per heavy atom. The van der Waals surface area contributed by atoms with Crippen LogP contribution >= 0.6 is 0 Å².